The van der Waals surface area contributed by atoms with Crippen LogP contribution in [-0.4, -0.2) is 28.9 Å². The highest BCUT2D eigenvalue weighted by molar-refractivity contribution is 6.35. The van der Waals surface area contributed by atoms with Crippen LogP contribution in [0.25, 0.3) is 10.9 Å². The Morgan fingerprint density at radius 2 is 1.84 bits per heavy atom. The summed E-state index contributed by atoms with van der Waals surface area (Å²) >= 11 is 12.4. The number of benzene rings is 3. The van der Waals surface area contributed by atoms with Gasteiger partial charge in [-0.15, -0.1) is 0 Å². The molecule has 1 aromatic heterocycles. The molecule has 0 aliphatic rings. The van der Waals surface area contributed by atoms with Crippen molar-refractivity contribution >= 4 is 52.0 Å². The SMILES string of the molecule is CN(/N=C/c1cn(Cc2ccc(Cl)cc2Cl)c2ccccc12)c1ccc(C(=O)O)cc1. The number of hydrogen-bond donors (Lipinski definition) is 1. The zero-order valence-corrected chi connectivity index (χ0v) is 18.2. The molecule has 4 rings (SSSR count). The minimum atomic E-state index is -0.952. The van der Waals surface area contributed by atoms with Crippen molar-refractivity contribution < 1.29 is 9.90 Å². The fourth-order valence-corrected chi connectivity index (χ4v) is 3.85. The molecule has 0 spiro atoms. The number of carboxylic acid groups (broad SMARTS) is 1. The van der Waals surface area contributed by atoms with Gasteiger partial charge in [-0.2, -0.15) is 5.10 Å². The summed E-state index contributed by atoms with van der Waals surface area (Å²) in [5.41, 5.74) is 4.05. The molecule has 3 aromatic carbocycles. The monoisotopic (exact) mass is 451 g/mol. The van der Waals surface area contributed by atoms with Gasteiger partial charge >= 0.3 is 5.97 Å². The van der Waals surface area contributed by atoms with E-state index in [2.05, 4.69) is 21.8 Å². The number of carboxylic acids is 1. The lowest BCUT2D eigenvalue weighted by atomic mass is 10.2. The highest BCUT2D eigenvalue weighted by Gasteiger charge is 2.10. The second-order valence-corrected chi connectivity index (χ2v) is 7.93. The maximum atomic E-state index is 11.0. The van der Waals surface area contributed by atoms with Crippen molar-refractivity contribution in [3.05, 3.63) is 99.7 Å². The quantitative estimate of drug-likeness (QED) is 0.281. The lowest BCUT2D eigenvalue weighted by Gasteiger charge is -2.12. The van der Waals surface area contributed by atoms with Gasteiger partial charge in [-0.3, -0.25) is 5.01 Å². The van der Waals surface area contributed by atoms with Crippen molar-refractivity contribution in [2.75, 3.05) is 12.1 Å². The molecule has 4 aromatic rings. The number of rotatable bonds is 6. The molecule has 0 radical (unpaired) electrons. The van der Waals surface area contributed by atoms with E-state index in [4.69, 9.17) is 28.3 Å². The predicted octanol–water partition coefficient (Wildman–Crippen LogP) is 6.16. The normalized spacial score (nSPS) is 11.3. The first-order valence-corrected chi connectivity index (χ1v) is 10.3. The number of halogens is 2. The second-order valence-electron chi connectivity index (χ2n) is 7.09. The van der Waals surface area contributed by atoms with E-state index in [1.165, 1.54) is 0 Å². The van der Waals surface area contributed by atoms with Crippen LogP contribution >= 0.6 is 23.2 Å². The Bertz CT molecular complexity index is 1280. The lowest BCUT2D eigenvalue weighted by molar-refractivity contribution is 0.0697. The van der Waals surface area contributed by atoms with Crippen LogP contribution < -0.4 is 5.01 Å². The molecule has 1 heterocycles. The zero-order valence-electron chi connectivity index (χ0n) is 16.7. The molecule has 5 nitrogen and oxygen atoms in total. The third kappa shape index (κ3) is 4.58. The molecule has 31 heavy (non-hydrogen) atoms. The van der Waals surface area contributed by atoms with Crippen molar-refractivity contribution in [1.29, 1.82) is 0 Å². The molecule has 0 amide bonds. The predicted molar refractivity (Wildman–Crippen MR) is 127 cm³/mol. The van der Waals surface area contributed by atoms with Crippen molar-refractivity contribution in [2.45, 2.75) is 6.54 Å². The van der Waals surface area contributed by atoms with Gasteiger partial charge in [-0.25, -0.2) is 4.79 Å². The first kappa shape index (κ1) is 21.0. The van der Waals surface area contributed by atoms with Crippen LogP contribution in [0.4, 0.5) is 5.69 Å². The van der Waals surface area contributed by atoms with Gasteiger partial charge in [0.2, 0.25) is 0 Å². The summed E-state index contributed by atoms with van der Waals surface area (Å²) in [5.74, 6) is -0.952. The fraction of sp³-hybridized carbons (Fsp3) is 0.0833. The molecule has 0 fully saturated rings. The van der Waals surface area contributed by atoms with Gasteiger partial charge in [0, 0.05) is 46.3 Å². The largest absolute Gasteiger partial charge is 0.478 e. The molecular weight excluding hydrogens is 433 g/mol. The number of fused-ring (bicyclic) bond motifs is 1. The van der Waals surface area contributed by atoms with E-state index in [0.717, 1.165) is 27.7 Å². The standard InChI is InChI=1S/C24H19Cl2N3O2/c1-28(20-10-7-16(8-11-20)24(30)31)27-13-18-15-29(23-5-3-2-4-21(18)23)14-17-6-9-19(25)12-22(17)26/h2-13,15H,14H2,1H3,(H,30,31)/b27-13+. The Morgan fingerprint density at radius 3 is 2.55 bits per heavy atom. The average molecular weight is 452 g/mol. The number of hydrogen-bond acceptors (Lipinski definition) is 3. The first-order chi connectivity index (χ1) is 14.9. The molecule has 0 aliphatic carbocycles. The van der Waals surface area contributed by atoms with E-state index in [0.29, 0.717) is 16.6 Å². The minimum Gasteiger partial charge on any atom is -0.478 e. The number of carbonyl (C=O) groups is 1. The third-order valence-electron chi connectivity index (χ3n) is 5.03. The maximum Gasteiger partial charge on any atom is 0.335 e. The first-order valence-electron chi connectivity index (χ1n) is 9.55. The smallest absolute Gasteiger partial charge is 0.335 e. The van der Waals surface area contributed by atoms with Crippen molar-refractivity contribution in [3.8, 4) is 0 Å². The Balaban J connectivity index is 1.62. The highest BCUT2D eigenvalue weighted by Crippen LogP contribution is 2.26. The topological polar surface area (TPSA) is 57.8 Å². The highest BCUT2D eigenvalue weighted by atomic mass is 35.5. The van der Waals surface area contributed by atoms with Crippen LogP contribution in [0.1, 0.15) is 21.5 Å². The van der Waals surface area contributed by atoms with Gasteiger partial charge in [0.05, 0.1) is 17.5 Å². The van der Waals surface area contributed by atoms with Crippen LogP contribution in [0.2, 0.25) is 10.0 Å². The lowest BCUT2D eigenvalue weighted by Crippen LogP contribution is -2.09. The van der Waals surface area contributed by atoms with E-state index in [9.17, 15) is 4.79 Å². The molecule has 7 heteroatoms. The minimum absolute atomic E-state index is 0.241. The summed E-state index contributed by atoms with van der Waals surface area (Å²) in [5, 5.41) is 17.6. The molecule has 0 unspecified atom stereocenters. The molecular formula is C24H19Cl2N3O2. The summed E-state index contributed by atoms with van der Waals surface area (Å²) in [6.45, 7) is 0.608. The molecule has 0 atom stereocenters. The Kier molecular flexibility index (Phi) is 5.98. The van der Waals surface area contributed by atoms with Gasteiger partial charge in [-0.1, -0.05) is 47.5 Å². The maximum absolute atomic E-state index is 11.0. The van der Waals surface area contributed by atoms with E-state index in [-0.39, 0.29) is 5.56 Å². The number of para-hydroxylation sites is 1. The fourth-order valence-electron chi connectivity index (χ4n) is 3.38. The van der Waals surface area contributed by atoms with Crippen LogP contribution in [-0.2, 0) is 6.54 Å². The summed E-state index contributed by atoms with van der Waals surface area (Å²) in [7, 11) is 1.82. The third-order valence-corrected chi connectivity index (χ3v) is 5.62. The second kappa shape index (κ2) is 8.84. The molecule has 156 valence electrons. The van der Waals surface area contributed by atoms with Gasteiger partial charge in [0.15, 0.2) is 0 Å². The molecule has 1 N–H and O–H groups in total. The Morgan fingerprint density at radius 1 is 1.10 bits per heavy atom. The van der Waals surface area contributed by atoms with Gasteiger partial charge < -0.3 is 9.67 Å². The average Bonchev–Trinajstić information content (AvgIpc) is 3.11. The number of aromatic carboxylic acids is 1. The Labute approximate surface area is 189 Å². The van der Waals surface area contributed by atoms with Gasteiger partial charge in [0.25, 0.3) is 0 Å². The summed E-state index contributed by atoms with van der Waals surface area (Å²) in [4.78, 5) is 11.0. The van der Waals surface area contributed by atoms with Crippen molar-refractivity contribution in [2.24, 2.45) is 5.10 Å². The summed E-state index contributed by atoms with van der Waals surface area (Å²) in [6, 6.07) is 20.2. The molecule has 0 saturated carbocycles. The van der Waals surface area contributed by atoms with Gasteiger partial charge in [0.1, 0.15) is 0 Å². The van der Waals surface area contributed by atoms with E-state index in [1.54, 1.807) is 41.6 Å². The van der Waals surface area contributed by atoms with Gasteiger partial charge in [-0.05, 0) is 48.0 Å². The van der Waals surface area contributed by atoms with Crippen LogP contribution in [0.5, 0.6) is 0 Å². The van der Waals surface area contributed by atoms with Crippen molar-refractivity contribution in [3.63, 3.8) is 0 Å². The summed E-state index contributed by atoms with van der Waals surface area (Å²) in [6.07, 6.45) is 3.84. The zero-order chi connectivity index (χ0) is 22.0. The number of anilines is 1. The molecule has 0 bridgehead atoms. The number of nitrogens with zero attached hydrogens (tertiary/aromatic N) is 3. The molecule has 0 saturated heterocycles. The van der Waals surface area contributed by atoms with Crippen LogP contribution in [0.3, 0.4) is 0 Å². The number of hydrazone groups is 1. The number of aromatic nitrogens is 1. The van der Waals surface area contributed by atoms with Crippen molar-refractivity contribution in [1.82, 2.24) is 4.57 Å². The van der Waals surface area contributed by atoms with E-state index >= 15 is 0 Å². The van der Waals surface area contributed by atoms with Crippen LogP contribution in [0, 0.1) is 0 Å². The molecule has 0 aliphatic heterocycles. The Hall–Kier alpha value is -3.28. The summed E-state index contributed by atoms with van der Waals surface area (Å²) < 4.78 is 2.13. The van der Waals surface area contributed by atoms with E-state index < -0.39 is 5.97 Å². The van der Waals surface area contributed by atoms with E-state index in [1.807, 2.05) is 37.5 Å². The van der Waals surface area contributed by atoms with Crippen LogP contribution in [0.15, 0.2) is 78.0 Å².